The van der Waals surface area contributed by atoms with Crippen molar-refractivity contribution in [2.24, 2.45) is 0 Å². The Hall–Kier alpha value is -1.22. The van der Waals surface area contributed by atoms with E-state index in [1.807, 2.05) is 43.5 Å². The number of carbonyl (C=O) groups excluding carboxylic acids is 1. The number of benzene rings is 1. The van der Waals surface area contributed by atoms with Crippen LogP contribution in [0.2, 0.25) is 0 Å². The number of ether oxygens (including phenoxy) is 1. The van der Waals surface area contributed by atoms with E-state index in [9.17, 15) is 4.79 Å². The van der Waals surface area contributed by atoms with Crippen molar-refractivity contribution >= 4 is 23.8 Å². The normalized spacial score (nSPS) is 11.3. The van der Waals surface area contributed by atoms with Crippen LogP contribution >= 0.6 is 11.8 Å². The summed E-state index contributed by atoms with van der Waals surface area (Å²) in [5.74, 6) is 0.413. The molecular formula is C13H16O2S. The molecule has 0 bridgehead atoms. The zero-order chi connectivity index (χ0) is 12.0. The molecule has 0 aliphatic rings. The fourth-order valence-electron chi connectivity index (χ4n) is 1.31. The molecule has 86 valence electrons. The molecule has 2 nitrogen and oxygen atoms in total. The maximum absolute atomic E-state index is 11.5. The molecule has 0 aliphatic heterocycles. The van der Waals surface area contributed by atoms with Gasteiger partial charge in [-0.25, -0.2) is 4.79 Å². The number of hydrogen-bond donors (Lipinski definition) is 0. The van der Waals surface area contributed by atoms with E-state index in [1.54, 1.807) is 11.8 Å². The van der Waals surface area contributed by atoms with E-state index in [1.165, 1.54) is 12.7 Å². The molecule has 0 fully saturated rings. The van der Waals surface area contributed by atoms with Gasteiger partial charge < -0.3 is 4.74 Å². The van der Waals surface area contributed by atoms with E-state index in [4.69, 9.17) is 4.74 Å². The molecule has 0 radical (unpaired) electrons. The van der Waals surface area contributed by atoms with Crippen molar-refractivity contribution < 1.29 is 9.53 Å². The summed E-state index contributed by atoms with van der Waals surface area (Å²) in [5, 5.41) is 0. The first kappa shape index (κ1) is 12.8. The minimum absolute atomic E-state index is 0.255. The Morgan fingerprint density at radius 3 is 2.50 bits per heavy atom. The Balaban J connectivity index is 2.92. The standard InChI is InChI=1S/C13H16O2S/c1-10-4-6-11(7-5-10)8-12(9-16-3)13(14)15-2/h4-8H,9H2,1-3H3/b12-8+. The minimum atomic E-state index is -0.255. The highest BCUT2D eigenvalue weighted by molar-refractivity contribution is 7.98. The molecule has 0 heterocycles. The van der Waals surface area contributed by atoms with Gasteiger partial charge in [-0.3, -0.25) is 0 Å². The predicted molar refractivity (Wildman–Crippen MR) is 69.6 cm³/mol. The second-order valence-corrected chi connectivity index (χ2v) is 4.37. The first-order chi connectivity index (χ1) is 7.67. The van der Waals surface area contributed by atoms with Crippen molar-refractivity contribution in [3.63, 3.8) is 0 Å². The lowest BCUT2D eigenvalue weighted by Crippen LogP contribution is -2.06. The van der Waals surface area contributed by atoms with Gasteiger partial charge in [0.2, 0.25) is 0 Å². The van der Waals surface area contributed by atoms with E-state index in [0.717, 1.165) is 5.56 Å². The lowest BCUT2D eigenvalue weighted by Gasteiger charge is -2.03. The summed E-state index contributed by atoms with van der Waals surface area (Å²) in [7, 11) is 1.41. The number of esters is 1. The van der Waals surface area contributed by atoms with Gasteiger partial charge in [-0.1, -0.05) is 29.8 Å². The molecule has 1 aromatic rings. The highest BCUT2D eigenvalue weighted by atomic mass is 32.2. The Morgan fingerprint density at radius 2 is 2.00 bits per heavy atom. The minimum Gasteiger partial charge on any atom is -0.466 e. The molecule has 0 aliphatic carbocycles. The average Bonchev–Trinajstić information content (AvgIpc) is 2.30. The van der Waals surface area contributed by atoms with E-state index in [2.05, 4.69) is 0 Å². The fourth-order valence-corrected chi connectivity index (χ4v) is 1.82. The summed E-state index contributed by atoms with van der Waals surface area (Å²) < 4.78 is 4.74. The molecule has 3 heteroatoms. The van der Waals surface area contributed by atoms with Crippen LogP contribution in [0.4, 0.5) is 0 Å². The summed E-state index contributed by atoms with van der Waals surface area (Å²) in [5.41, 5.74) is 2.93. The number of thioether (sulfide) groups is 1. The molecule has 0 spiro atoms. The van der Waals surface area contributed by atoms with Crippen LogP contribution in [0, 0.1) is 6.92 Å². The fraction of sp³-hybridized carbons (Fsp3) is 0.308. The van der Waals surface area contributed by atoms with E-state index in [0.29, 0.717) is 11.3 Å². The second-order valence-electron chi connectivity index (χ2n) is 3.50. The molecule has 0 N–H and O–H groups in total. The Kier molecular flexibility index (Phi) is 5.12. The molecule has 1 aromatic carbocycles. The summed E-state index contributed by atoms with van der Waals surface area (Å²) >= 11 is 1.61. The number of aryl methyl sites for hydroxylation is 1. The average molecular weight is 236 g/mol. The molecule has 0 amide bonds. The third-order valence-corrected chi connectivity index (χ3v) is 2.77. The van der Waals surface area contributed by atoms with E-state index < -0.39 is 0 Å². The van der Waals surface area contributed by atoms with Crippen LogP contribution in [0.15, 0.2) is 29.8 Å². The summed E-state index contributed by atoms with van der Waals surface area (Å²) in [4.78, 5) is 11.5. The monoisotopic (exact) mass is 236 g/mol. The van der Waals surface area contributed by atoms with Gasteiger partial charge >= 0.3 is 5.97 Å². The number of carbonyl (C=O) groups is 1. The van der Waals surface area contributed by atoms with Crippen LogP contribution < -0.4 is 0 Å². The summed E-state index contributed by atoms with van der Waals surface area (Å²) in [6.07, 6.45) is 3.84. The van der Waals surface area contributed by atoms with Crippen LogP contribution in [-0.2, 0) is 9.53 Å². The highest BCUT2D eigenvalue weighted by Gasteiger charge is 2.08. The molecule has 0 saturated carbocycles. The van der Waals surface area contributed by atoms with Crippen molar-refractivity contribution in [1.82, 2.24) is 0 Å². The van der Waals surface area contributed by atoms with Gasteiger partial charge in [0.15, 0.2) is 0 Å². The number of rotatable bonds is 4. The summed E-state index contributed by atoms with van der Waals surface area (Å²) in [6.45, 7) is 2.04. The smallest absolute Gasteiger partial charge is 0.334 e. The lowest BCUT2D eigenvalue weighted by molar-refractivity contribution is -0.135. The van der Waals surface area contributed by atoms with Gasteiger partial charge in [-0.2, -0.15) is 11.8 Å². The molecule has 16 heavy (non-hydrogen) atoms. The largest absolute Gasteiger partial charge is 0.466 e. The SMILES string of the molecule is COC(=O)/C(=C/c1ccc(C)cc1)CSC. The van der Waals surface area contributed by atoms with Gasteiger partial charge in [0.1, 0.15) is 0 Å². The first-order valence-electron chi connectivity index (χ1n) is 5.02. The lowest BCUT2D eigenvalue weighted by atomic mass is 10.1. The molecule has 0 saturated heterocycles. The quantitative estimate of drug-likeness (QED) is 0.594. The molecule has 0 atom stereocenters. The number of methoxy groups -OCH3 is 1. The third-order valence-electron chi connectivity index (χ3n) is 2.17. The molecule has 1 rings (SSSR count). The first-order valence-corrected chi connectivity index (χ1v) is 6.41. The third kappa shape index (κ3) is 3.74. The van der Waals surface area contributed by atoms with Gasteiger partial charge in [-0.05, 0) is 24.8 Å². The van der Waals surface area contributed by atoms with Crippen LogP contribution in [0.5, 0.6) is 0 Å². The van der Waals surface area contributed by atoms with Crippen molar-refractivity contribution in [3.05, 3.63) is 41.0 Å². The van der Waals surface area contributed by atoms with E-state index >= 15 is 0 Å². The van der Waals surface area contributed by atoms with Crippen LogP contribution in [-0.4, -0.2) is 25.1 Å². The van der Waals surface area contributed by atoms with Gasteiger partial charge in [0.05, 0.1) is 7.11 Å². The van der Waals surface area contributed by atoms with Crippen LogP contribution in [0.25, 0.3) is 6.08 Å². The van der Waals surface area contributed by atoms with Crippen LogP contribution in [0.1, 0.15) is 11.1 Å². The van der Waals surface area contributed by atoms with Crippen molar-refractivity contribution in [1.29, 1.82) is 0 Å². The highest BCUT2D eigenvalue weighted by Crippen LogP contribution is 2.13. The van der Waals surface area contributed by atoms with Gasteiger partial charge in [-0.15, -0.1) is 0 Å². The molecular weight excluding hydrogens is 220 g/mol. The Labute approximate surface area is 101 Å². The molecule has 0 aromatic heterocycles. The van der Waals surface area contributed by atoms with Crippen LogP contribution in [0.3, 0.4) is 0 Å². The predicted octanol–water partition coefficient (Wildman–Crippen LogP) is 2.91. The Morgan fingerprint density at radius 1 is 1.38 bits per heavy atom. The summed E-state index contributed by atoms with van der Waals surface area (Å²) in [6, 6.07) is 8.05. The maximum Gasteiger partial charge on any atom is 0.334 e. The molecule has 0 unspecified atom stereocenters. The zero-order valence-electron chi connectivity index (χ0n) is 9.82. The Bertz CT molecular complexity index is 379. The van der Waals surface area contributed by atoms with Crippen molar-refractivity contribution in [2.45, 2.75) is 6.92 Å². The zero-order valence-corrected chi connectivity index (χ0v) is 10.6. The van der Waals surface area contributed by atoms with Gasteiger partial charge in [0, 0.05) is 11.3 Å². The maximum atomic E-state index is 11.5. The van der Waals surface area contributed by atoms with Gasteiger partial charge in [0.25, 0.3) is 0 Å². The topological polar surface area (TPSA) is 26.3 Å². The van der Waals surface area contributed by atoms with Crippen molar-refractivity contribution in [2.75, 3.05) is 19.1 Å². The number of hydrogen-bond acceptors (Lipinski definition) is 3. The second kappa shape index (κ2) is 6.38. The van der Waals surface area contributed by atoms with Crippen molar-refractivity contribution in [3.8, 4) is 0 Å². The van der Waals surface area contributed by atoms with E-state index in [-0.39, 0.29) is 5.97 Å².